The van der Waals surface area contributed by atoms with E-state index in [2.05, 4.69) is 4.72 Å². The van der Waals surface area contributed by atoms with Gasteiger partial charge in [0.15, 0.2) is 11.5 Å². The molecule has 4 rings (SSSR count). The van der Waals surface area contributed by atoms with Crippen molar-refractivity contribution in [3.8, 4) is 11.5 Å². The molecule has 154 valence electrons. The van der Waals surface area contributed by atoms with Crippen molar-refractivity contribution in [2.75, 3.05) is 30.7 Å². The van der Waals surface area contributed by atoms with Crippen molar-refractivity contribution in [2.45, 2.75) is 25.3 Å². The number of nitrogens with one attached hydrogen (secondary N) is 1. The molecule has 2 aromatic carbocycles. The highest BCUT2D eigenvalue weighted by molar-refractivity contribution is 7.92. The summed E-state index contributed by atoms with van der Waals surface area (Å²) in [6.45, 7) is 1.91. The van der Waals surface area contributed by atoms with Crippen molar-refractivity contribution in [2.24, 2.45) is 0 Å². The third-order valence-electron chi connectivity index (χ3n) is 5.08. The molecule has 0 radical (unpaired) electrons. The van der Waals surface area contributed by atoms with E-state index in [4.69, 9.17) is 9.47 Å². The zero-order valence-electron chi connectivity index (χ0n) is 16.3. The van der Waals surface area contributed by atoms with Crippen LogP contribution < -0.4 is 14.2 Å². The lowest BCUT2D eigenvalue weighted by atomic mass is 10.0. The Bertz CT molecular complexity index is 1020. The molecule has 1 saturated heterocycles. The van der Waals surface area contributed by atoms with Crippen LogP contribution in [0.3, 0.4) is 0 Å². The van der Waals surface area contributed by atoms with Gasteiger partial charge in [0, 0.05) is 24.2 Å². The number of ether oxygens (including phenoxy) is 2. The van der Waals surface area contributed by atoms with Crippen LogP contribution in [0.1, 0.15) is 41.2 Å². The summed E-state index contributed by atoms with van der Waals surface area (Å²) in [5.74, 6) is 1.34. The quantitative estimate of drug-likeness (QED) is 0.827. The maximum atomic E-state index is 13.2. The zero-order valence-corrected chi connectivity index (χ0v) is 17.1. The molecular weight excluding hydrogens is 392 g/mol. The molecule has 0 unspecified atom stereocenters. The van der Waals surface area contributed by atoms with Gasteiger partial charge < -0.3 is 14.4 Å². The Labute approximate surface area is 170 Å². The Balaban J connectivity index is 1.58. The number of anilines is 1. The zero-order chi connectivity index (χ0) is 20.4. The molecule has 7 nitrogen and oxygen atoms in total. The Kier molecular flexibility index (Phi) is 5.36. The molecule has 8 heteroatoms. The number of benzene rings is 2. The third-order valence-corrected chi connectivity index (χ3v) is 5.69. The molecule has 2 heterocycles. The van der Waals surface area contributed by atoms with Crippen molar-refractivity contribution >= 4 is 21.6 Å². The smallest absolute Gasteiger partial charge is 0.254 e. The first kappa shape index (κ1) is 19.6. The average molecular weight is 416 g/mol. The van der Waals surface area contributed by atoms with Crippen molar-refractivity contribution in [3.05, 3.63) is 53.6 Å². The van der Waals surface area contributed by atoms with Crippen LogP contribution >= 0.6 is 0 Å². The lowest BCUT2D eigenvalue weighted by Crippen LogP contribution is -2.30. The number of sulfonamides is 1. The van der Waals surface area contributed by atoms with Crippen LogP contribution in [0.15, 0.2) is 42.5 Å². The second-order valence-electron chi connectivity index (χ2n) is 7.37. The fourth-order valence-corrected chi connectivity index (χ4v) is 4.39. The topological polar surface area (TPSA) is 84.9 Å². The number of fused-ring (bicyclic) bond motifs is 1. The van der Waals surface area contributed by atoms with Crippen LogP contribution in [0.25, 0.3) is 0 Å². The van der Waals surface area contributed by atoms with Crippen LogP contribution in [0, 0.1) is 0 Å². The number of amides is 1. The predicted molar refractivity (Wildman–Crippen MR) is 110 cm³/mol. The largest absolute Gasteiger partial charge is 0.490 e. The summed E-state index contributed by atoms with van der Waals surface area (Å²) in [6, 6.07) is 12.4. The molecule has 1 fully saturated rings. The first-order valence-corrected chi connectivity index (χ1v) is 11.6. The molecular formula is C21H24N2O5S. The fraction of sp³-hybridized carbons (Fsp3) is 0.381. The maximum absolute atomic E-state index is 13.2. The minimum absolute atomic E-state index is 0.0498. The van der Waals surface area contributed by atoms with Crippen LogP contribution in [0.2, 0.25) is 0 Å². The van der Waals surface area contributed by atoms with E-state index >= 15 is 0 Å². The van der Waals surface area contributed by atoms with Crippen LogP contribution in [0.5, 0.6) is 11.5 Å². The van der Waals surface area contributed by atoms with E-state index in [1.165, 1.54) is 0 Å². The Morgan fingerprint density at radius 1 is 1.07 bits per heavy atom. The number of hydrogen-bond acceptors (Lipinski definition) is 5. The molecule has 0 spiro atoms. The van der Waals surface area contributed by atoms with Crippen LogP contribution in [0.4, 0.5) is 5.69 Å². The molecule has 2 aliphatic rings. The SMILES string of the molecule is CS(=O)(=O)Nc1cccc(C(=O)N2CCC[C@@H]2c2ccc3c(c2)OCCCO3)c1. The Morgan fingerprint density at radius 3 is 2.66 bits per heavy atom. The summed E-state index contributed by atoms with van der Waals surface area (Å²) in [5.41, 5.74) is 1.86. The van der Waals surface area contributed by atoms with E-state index in [-0.39, 0.29) is 11.9 Å². The van der Waals surface area contributed by atoms with E-state index < -0.39 is 10.0 Å². The van der Waals surface area contributed by atoms with Gasteiger partial charge in [-0.3, -0.25) is 9.52 Å². The summed E-state index contributed by atoms with van der Waals surface area (Å²) in [7, 11) is -3.40. The number of rotatable bonds is 4. The van der Waals surface area contributed by atoms with Gasteiger partial charge in [0.25, 0.3) is 5.91 Å². The van der Waals surface area contributed by atoms with Gasteiger partial charge in [-0.2, -0.15) is 0 Å². The molecule has 2 aliphatic heterocycles. The fourth-order valence-electron chi connectivity index (χ4n) is 3.84. The molecule has 2 aromatic rings. The molecule has 29 heavy (non-hydrogen) atoms. The molecule has 0 bridgehead atoms. The second-order valence-corrected chi connectivity index (χ2v) is 9.12. The lowest BCUT2D eigenvalue weighted by Gasteiger charge is -2.26. The molecule has 1 amide bonds. The molecule has 0 saturated carbocycles. The summed E-state index contributed by atoms with van der Waals surface area (Å²) in [6.07, 6.45) is 3.71. The van der Waals surface area contributed by atoms with Crippen molar-refractivity contribution in [1.82, 2.24) is 4.90 Å². The van der Waals surface area contributed by atoms with Crippen molar-refractivity contribution in [3.63, 3.8) is 0 Å². The molecule has 1 atom stereocenters. The molecule has 1 N–H and O–H groups in total. The van der Waals surface area contributed by atoms with Gasteiger partial charge in [0.2, 0.25) is 10.0 Å². The summed E-state index contributed by atoms with van der Waals surface area (Å²) < 4.78 is 36.9. The lowest BCUT2D eigenvalue weighted by molar-refractivity contribution is 0.0735. The van der Waals surface area contributed by atoms with Gasteiger partial charge in [-0.1, -0.05) is 12.1 Å². The van der Waals surface area contributed by atoms with E-state index in [0.29, 0.717) is 31.0 Å². The summed E-state index contributed by atoms with van der Waals surface area (Å²) in [5, 5.41) is 0. The van der Waals surface area contributed by atoms with Gasteiger partial charge in [-0.25, -0.2) is 8.42 Å². The Morgan fingerprint density at radius 2 is 1.86 bits per heavy atom. The first-order valence-electron chi connectivity index (χ1n) is 9.69. The highest BCUT2D eigenvalue weighted by atomic mass is 32.2. The monoisotopic (exact) mass is 416 g/mol. The average Bonchev–Trinajstić information content (AvgIpc) is 3.05. The second kappa shape index (κ2) is 7.94. The standard InChI is InChI=1S/C21H24N2O5S/c1-29(25,26)22-17-6-2-5-16(13-17)21(24)23-10-3-7-18(23)15-8-9-19-20(14-15)28-12-4-11-27-19/h2,5-6,8-9,13-14,18,22H,3-4,7,10-12H2,1H3/t18-/m1/s1. The van der Waals surface area contributed by atoms with E-state index in [0.717, 1.165) is 42.6 Å². The van der Waals surface area contributed by atoms with E-state index in [9.17, 15) is 13.2 Å². The third kappa shape index (κ3) is 4.48. The van der Waals surface area contributed by atoms with Gasteiger partial charge >= 0.3 is 0 Å². The minimum atomic E-state index is -3.40. The number of carbonyl (C=O) groups excluding carboxylic acids is 1. The van der Waals surface area contributed by atoms with Gasteiger partial charge in [-0.05, 0) is 48.7 Å². The highest BCUT2D eigenvalue weighted by Crippen LogP contribution is 2.38. The predicted octanol–water partition coefficient (Wildman–Crippen LogP) is 3.20. The first-order chi connectivity index (χ1) is 13.9. The summed E-state index contributed by atoms with van der Waals surface area (Å²) >= 11 is 0. The molecule has 0 aromatic heterocycles. The van der Waals surface area contributed by atoms with Crippen molar-refractivity contribution < 1.29 is 22.7 Å². The maximum Gasteiger partial charge on any atom is 0.254 e. The van der Waals surface area contributed by atoms with Crippen LogP contribution in [-0.2, 0) is 10.0 Å². The van der Waals surface area contributed by atoms with E-state index in [1.54, 1.807) is 24.3 Å². The Hall–Kier alpha value is -2.74. The van der Waals surface area contributed by atoms with Gasteiger partial charge in [-0.15, -0.1) is 0 Å². The van der Waals surface area contributed by atoms with E-state index in [1.807, 2.05) is 23.1 Å². The highest BCUT2D eigenvalue weighted by Gasteiger charge is 2.31. The number of hydrogen-bond donors (Lipinski definition) is 1. The molecule has 0 aliphatic carbocycles. The number of carbonyl (C=O) groups is 1. The minimum Gasteiger partial charge on any atom is -0.490 e. The van der Waals surface area contributed by atoms with Gasteiger partial charge in [0.05, 0.1) is 25.5 Å². The normalized spacial score (nSPS) is 18.9. The number of likely N-dealkylation sites (tertiary alicyclic amines) is 1. The van der Waals surface area contributed by atoms with Crippen LogP contribution in [-0.4, -0.2) is 45.2 Å². The van der Waals surface area contributed by atoms with Crippen molar-refractivity contribution in [1.29, 1.82) is 0 Å². The van der Waals surface area contributed by atoms with Gasteiger partial charge in [0.1, 0.15) is 0 Å². The number of nitrogens with zero attached hydrogens (tertiary/aromatic N) is 1. The summed E-state index contributed by atoms with van der Waals surface area (Å²) in [4.78, 5) is 15.0.